The Labute approximate surface area is 105 Å². The predicted octanol–water partition coefficient (Wildman–Crippen LogP) is 1.80. The van der Waals surface area contributed by atoms with Crippen molar-refractivity contribution in [2.24, 2.45) is 0 Å². The van der Waals surface area contributed by atoms with Gasteiger partial charge in [0.15, 0.2) is 6.29 Å². The van der Waals surface area contributed by atoms with Gasteiger partial charge in [0.1, 0.15) is 0 Å². The number of rotatable bonds is 9. The molecule has 0 spiro atoms. The van der Waals surface area contributed by atoms with Crippen LogP contribution in [0.3, 0.4) is 0 Å². The molecule has 0 rings (SSSR count). The summed E-state index contributed by atoms with van der Waals surface area (Å²) in [6.45, 7) is 4.08. The molecule has 0 heterocycles. The van der Waals surface area contributed by atoms with Crippen molar-refractivity contribution in [2.45, 2.75) is 77.6 Å². The van der Waals surface area contributed by atoms with Crippen LogP contribution in [0.4, 0.5) is 0 Å². The normalized spacial score (nSPS) is 12.2. The highest BCUT2D eigenvalue weighted by atomic mass is 16.5. The first-order chi connectivity index (χ1) is 8.08. The second-order valence-corrected chi connectivity index (χ2v) is 4.31. The third-order valence-electron chi connectivity index (χ3n) is 2.42. The summed E-state index contributed by atoms with van der Waals surface area (Å²) in [4.78, 5) is 0. The molecule has 4 nitrogen and oxygen atoms in total. The van der Waals surface area contributed by atoms with Crippen molar-refractivity contribution in [1.82, 2.24) is 0 Å². The molecule has 0 amide bonds. The summed E-state index contributed by atoms with van der Waals surface area (Å²) in [5.41, 5.74) is 0. The van der Waals surface area contributed by atoms with Gasteiger partial charge in [-0.3, -0.25) is 0 Å². The van der Waals surface area contributed by atoms with Crippen LogP contribution in [0.2, 0.25) is 0 Å². The second kappa shape index (κ2) is 15.8. The van der Waals surface area contributed by atoms with Crippen LogP contribution in [-0.2, 0) is 0 Å². The number of hydrogen-bond acceptors (Lipinski definition) is 4. The van der Waals surface area contributed by atoms with E-state index in [0.29, 0.717) is 6.42 Å². The molecule has 4 heteroatoms. The van der Waals surface area contributed by atoms with Crippen molar-refractivity contribution >= 4 is 0 Å². The van der Waals surface area contributed by atoms with Crippen LogP contribution in [0.15, 0.2) is 0 Å². The standard InChI is InChI=1S/C8H18O2.C5H12O2/c1-2-3-4-5-6-8(10)7-9;1-2-3-4-5(6)7/h8-10H,2-7H2,1H3;5-7H,2-4H2,1H3. The van der Waals surface area contributed by atoms with Gasteiger partial charge in [0.25, 0.3) is 0 Å². The summed E-state index contributed by atoms with van der Waals surface area (Å²) < 4.78 is 0. The largest absolute Gasteiger partial charge is 0.394 e. The van der Waals surface area contributed by atoms with Crippen molar-refractivity contribution in [2.75, 3.05) is 6.61 Å². The average molecular weight is 250 g/mol. The van der Waals surface area contributed by atoms with Crippen LogP contribution < -0.4 is 0 Å². The van der Waals surface area contributed by atoms with Gasteiger partial charge in [-0.15, -0.1) is 0 Å². The molecule has 0 aromatic rings. The molecule has 0 aliphatic carbocycles. The van der Waals surface area contributed by atoms with Crippen molar-refractivity contribution in [3.05, 3.63) is 0 Å². The van der Waals surface area contributed by atoms with Gasteiger partial charge in [0, 0.05) is 0 Å². The van der Waals surface area contributed by atoms with Crippen LogP contribution in [0.1, 0.15) is 65.2 Å². The molecular weight excluding hydrogens is 220 g/mol. The van der Waals surface area contributed by atoms with Gasteiger partial charge < -0.3 is 20.4 Å². The first kappa shape index (κ1) is 19.2. The van der Waals surface area contributed by atoms with E-state index in [2.05, 4.69) is 6.92 Å². The highest BCUT2D eigenvalue weighted by molar-refractivity contribution is 4.52. The lowest BCUT2D eigenvalue weighted by molar-refractivity contribution is -0.0463. The SMILES string of the molecule is CCCCC(O)O.CCCCCCC(O)CO. The molecule has 0 aliphatic rings. The molecule has 1 atom stereocenters. The molecule has 4 N–H and O–H groups in total. The van der Waals surface area contributed by atoms with Gasteiger partial charge in [-0.25, -0.2) is 0 Å². The van der Waals surface area contributed by atoms with E-state index in [1.54, 1.807) is 0 Å². The minimum Gasteiger partial charge on any atom is -0.394 e. The molecule has 0 saturated carbocycles. The summed E-state index contributed by atoms with van der Waals surface area (Å²) in [6.07, 6.45) is 6.26. The Morgan fingerprint density at radius 2 is 1.35 bits per heavy atom. The molecule has 0 aromatic heterocycles. The second-order valence-electron chi connectivity index (χ2n) is 4.31. The van der Waals surface area contributed by atoms with Gasteiger partial charge in [0.05, 0.1) is 12.7 Å². The summed E-state index contributed by atoms with van der Waals surface area (Å²) >= 11 is 0. The molecule has 0 aromatic carbocycles. The lowest BCUT2D eigenvalue weighted by Gasteiger charge is -2.04. The highest BCUT2D eigenvalue weighted by Crippen LogP contribution is 2.04. The molecular formula is C13H30O4. The fraction of sp³-hybridized carbons (Fsp3) is 1.00. The van der Waals surface area contributed by atoms with Crippen LogP contribution in [0.25, 0.3) is 0 Å². The van der Waals surface area contributed by atoms with Gasteiger partial charge in [0.2, 0.25) is 0 Å². The van der Waals surface area contributed by atoms with Crippen LogP contribution in [0.5, 0.6) is 0 Å². The van der Waals surface area contributed by atoms with Crippen molar-refractivity contribution in [3.8, 4) is 0 Å². The number of hydrogen-bond donors (Lipinski definition) is 4. The van der Waals surface area contributed by atoms with Crippen molar-refractivity contribution in [3.63, 3.8) is 0 Å². The lowest BCUT2D eigenvalue weighted by atomic mass is 10.1. The maximum atomic E-state index is 8.91. The van der Waals surface area contributed by atoms with E-state index in [-0.39, 0.29) is 6.61 Å². The Balaban J connectivity index is 0. The Morgan fingerprint density at radius 3 is 1.71 bits per heavy atom. The minimum absolute atomic E-state index is 0.0911. The summed E-state index contributed by atoms with van der Waals surface area (Å²) in [5, 5.41) is 33.8. The lowest BCUT2D eigenvalue weighted by Crippen LogP contribution is -2.10. The monoisotopic (exact) mass is 250 g/mol. The van der Waals surface area contributed by atoms with Crippen LogP contribution >= 0.6 is 0 Å². The van der Waals surface area contributed by atoms with E-state index in [0.717, 1.165) is 25.7 Å². The van der Waals surface area contributed by atoms with E-state index in [9.17, 15) is 0 Å². The zero-order valence-electron chi connectivity index (χ0n) is 11.3. The third-order valence-corrected chi connectivity index (χ3v) is 2.42. The molecule has 0 radical (unpaired) electrons. The molecule has 1 unspecified atom stereocenters. The van der Waals surface area contributed by atoms with E-state index in [1.165, 1.54) is 19.3 Å². The maximum Gasteiger partial charge on any atom is 0.151 e. The van der Waals surface area contributed by atoms with Gasteiger partial charge >= 0.3 is 0 Å². The molecule has 0 fully saturated rings. The van der Waals surface area contributed by atoms with E-state index in [1.807, 2.05) is 6.92 Å². The molecule has 106 valence electrons. The number of unbranched alkanes of at least 4 members (excludes halogenated alkanes) is 4. The number of aliphatic hydroxyl groups excluding tert-OH is 3. The summed E-state index contributed by atoms with van der Waals surface area (Å²) in [5.74, 6) is 0. The summed E-state index contributed by atoms with van der Waals surface area (Å²) in [6, 6.07) is 0. The van der Waals surface area contributed by atoms with E-state index in [4.69, 9.17) is 20.4 Å². The van der Waals surface area contributed by atoms with Gasteiger partial charge in [-0.2, -0.15) is 0 Å². The van der Waals surface area contributed by atoms with E-state index < -0.39 is 12.4 Å². The predicted molar refractivity (Wildman–Crippen MR) is 69.6 cm³/mol. The minimum atomic E-state index is -1.10. The number of aliphatic hydroxyl groups is 4. The Hall–Kier alpha value is -0.160. The van der Waals surface area contributed by atoms with Crippen LogP contribution in [0, 0.1) is 0 Å². The quantitative estimate of drug-likeness (QED) is 0.371. The molecule has 0 aliphatic heterocycles. The smallest absolute Gasteiger partial charge is 0.151 e. The fourth-order valence-corrected chi connectivity index (χ4v) is 1.28. The van der Waals surface area contributed by atoms with Crippen molar-refractivity contribution in [1.29, 1.82) is 0 Å². The molecule has 17 heavy (non-hydrogen) atoms. The highest BCUT2D eigenvalue weighted by Gasteiger charge is 1.99. The van der Waals surface area contributed by atoms with Gasteiger partial charge in [-0.1, -0.05) is 46.0 Å². The fourth-order valence-electron chi connectivity index (χ4n) is 1.28. The van der Waals surface area contributed by atoms with Crippen molar-refractivity contribution < 1.29 is 20.4 Å². The molecule has 0 bridgehead atoms. The maximum absolute atomic E-state index is 8.91. The van der Waals surface area contributed by atoms with Gasteiger partial charge in [-0.05, 0) is 19.3 Å². The third kappa shape index (κ3) is 21.6. The Bertz CT molecular complexity index is 129. The Kier molecular flexibility index (Phi) is 17.9. The van der Waals surface area contributed by atoms with Crippen LogP contribution in [-0.4, -0.2) is 39.4 Å². The topological polar surface area (TPSA) is 80.9 Å². The zero-order valence-corrected chi connectivity index (χ0v) is 11.3. The van der Waals surface area contributed by atoms with E-state index >= 15 is 0 Å². The average Bonchev–Trinajstić information content (AvgIpc) is 2.32. The molecule has 0 saturated heterocycles. The first-order valence-corrected chi connectivity index (χ1v) is 6.73. The first-order valence-electron chi connectivity index (χ1n) is 6.73. The zero-order chi connectivity index (χ0) is 13.5. The Morgan fingerprint density at radius 1 is 0.765 bits per heavy atom. The summed E-state index contributed by atoms with van der Waals surface area (Å²) in [7, 11) is 0.